The van der Waals surface area contributed by atoms with Gasteiger partial charge in [0.1, 0.15) is 5.76 Å². The van der Waals surface area contributed by atoms with Gasteiger partial charge in [0.15, 0.2) is 5.66 Å². The number of H-pyrrole nitrogens is 2. The van der Waals surface area contributed by atoms with Gasteiger partial charge in [-0.25, -0.2) is 4.79 Å². The van der Waals surface area contributed by atoms with Crippen LogP contribution < -0.4 is 11.0 Å². The number of allylic oxidation sites excluding steroid dienone is 1. The van der Waals surface area contributed by atoms with E-state index in [1.54, 1.807) is 0 Å². The molecule has 0 fully saturated rings. The van der Waals surface area contributed by atoms with E-state index in [4.69, 9.17) is 0 Å². The number of aliphatic imine (C=N–C) groups is 1. The molecule has 18 heavy (non-hydrogen) atoms. The second-order valence-corrected chi connectivity index (χ2v) is 5.51. The van der Waals surface area contributed by atoms with Crippen molar-refractivity contribution in [1.29, 1.82) is 0 Å². The molecule has 98 valence electrons. The summed E-state index contributed by atoms with van der Waals surface area (Å²) in [6.45, 7) is 7.85. The number of rotatable bonds is 1. The van der Waals surface area contributed by atoms with Gasteiger partial charge in [-0.3, -0.25) is 4.99 Å². The van der Waals surface area contributed by atoms with E-state index in [2.05, 4.69) is 20.3 Å². The van der Waals surface area contributed by atoms with Gasteiger partial charge in [-0.15, -0.1) is 0 Å². The van der Waals surface area contributed by atoms with Gasteiger partial charge in [0.2, 0.25) is 0 Å². The lowest BCUT2D eigenvalue weighted by atomic mass is 9.77. The molecule has 6 heteroatoms. The zero-order valence-corrected chi connectivity index (χ0v) is 11.0. The average Bonchev–Trinajstić information content (AvgIpc) is 2.58. The quantitative estimate of drug-likeness (QED) is 0.605. The number of hydrogen-bond acceptors (Lipinski definition) is 4. The molecule has 0 aliphatic carbocycles. The van der Waals surface area contributed by atoms with Crippen molar-refractivity contribution in [2.24, 2.45) is 10.4 Å². The molecule has 4 N–H and O–H groups in total. The van der Waals surface area contributed by atoms with E-state index in [1.165, 1.54) is 12.4 Å². The highest BCUT2D eigenvalue weighted by Crippen LogP contribution is 2.41. The summed E-state index contributed by atoms with van der Waals surface area (Å²) < 4.78 is 0. The fourth-order valence-corrected chi connectivity index (χ4v) is 2.17. The lowest BCUT2D eigenvalue weighted by Gasteiger charge is -2.42. The number of aliphatic hydroxyl groups excluding tert-OH is 1. The summed E-state index contributed by atoms with van der Waals surface area (Å²) in [5.74, 6) is 0.0606. The van der Waals surface area contributed by atoms with E-state index >= 15 is 0 Å². The van der Waals surface area contributed by atoms with Crippen molar-refractivity contribution in [2.45, 2.75) is 33.4 Å². The lowest BCUT2D eigenvalue weighted by molar-refractivity contribution is 0.154. The minimum absolute atomic E-state index is 0.0606. The van der Waals surface area contributed by atoms with Crippen molar-refractivity contribution in [3.05, 3.63) is 33.8 Å². The van der Waals surface area contributed by atoms with Crippen molar-refractivity contribution >= 4 is 6.21 Å². The highest BCUT2D eigenvalue weighted by atomic mass is 16.3. The van der Waals surface area contributed by atoms with Crippen LogP contribution in [0.4, 0.5) is 0 Å². The number of aryl methyl sites for hydroxylation is 1. The number of nitrogens with zero attached hydrogens (tertiary/aromatic N) is 1. The van der Waals surface area contributed by atoms with Crippen LogP contribution in [0.1, 0.15) is 32.2 Å². The minimum Gasteiger partial charge on any atom is -0.505 e. The van der Waals surface area contributed by atoms with Crippen molar-refractivity contribution < 1.29 is 5.11 Å². The first-order valence-corrected chi connectivity index (χ1v) is 5.78. The summed E-state index contributed by atoms with van der Waals surface area (Å²) in [4.78, 5) is 21.3. The van der Waals surface area contributed by atoms with Crippen LogP contribution in [0.3, 0.4) is 0 Å². The van der Waals surface area contributed by atoms with Gasteiger partial charge in [0.05, 0.1) is 11.9 Å². The van der Waals surface area contributed by atoms with Gasteiger partial charge < -0.3 is 20.4 Å². The normalized spacial score (nSPS) is 23.7. The Morgan fingerprint density at radius 2 is 2.00 bits per heavy atom. The molecule has 6 nitrogen and oxygen atoms in total. The first kappa shape index (κ1) is 12.5. The molecule has 0 saturated carbocycles. The lowest BCUT2D eigenvalue weighted by Crippen LogP contribution is -2.51. The second-order valence-electron chi connectivity index (χ2n) is 5.51. The van der Waals surface area contributed by atoms with E-state index in [1.807, 2.05) is 27.7 Å². The van der Waals surface area contributed by atoms with Crippen molar-refractivity contribution in [3.8, 4) is 0 Å². The first-order chi connectivity index (χ1) is 8.26. The zero-order chi connectivity index (χ0) is 13.6. The fourth-order valence-electron chi connectivity index (χ4n) is 2.17. The summed E-state index contributed by atoms with van der Waals surface area (Å²) in [7, 11) is 0. The van der Waals surface area contributed by atoms with Crippen LogP contribution in [-0.4, -0.2) is 21.3 Å². The molecule has 1 atom stereocenters. The van der Waals surface area contributed by atoms with Gasteiger partial charge in [-0.2, -0.15) is 0 Å². The third-order valence-electron chi connectivity index (χ3n) is 3.18. The Bertz CT molecular complexity index is 574. The molecule has 1 aliphatic rings. The largest absolute Gasteiger partial charge is 0.505 e. The molecule has 0 amide bonds. The number of aromatic nitrogens is 2. The molecule has 0 radical (unpaired) electrons. The second kappa shape index (κ2) is 3.76. The maximum absolute atomic E-state index is 11.4. The summed E-state index contributed by atoms with van der Waals surface area (Å²) >= 11 is 0. The van der Waals surface area contributed by atoms with E-state index in [-0.39, 0.29) is 16.9 Å². The Hall–Kier alpha value is -1.98. The third-order valence-corrected chi connectivity index (χ3v) is 3.18. The van der Waals surface area contributed by atoms with E-state index in [0.717, 1.165) is 5.69 Å². The molecule has 0 bridgehead atoms. The minimum atomic E-state index is -0.803. The Labute approximate surface area is 105 Å². The van der Waals surface area contributed by atoms with Gasteiger partial charge in [-0.05, 0) is 6.92 Å². The molecular formula is C12H18N4O2. The number of imidazole rings is 1. The maximum Gasteiger partial charge on any atom is 0.323 e. The number of aromatic amines is 2. The summed E-state index contributed by atoms with van der Waals surface area (Å²) in [5.41, 5.74) is 0.0512. The molecule has 1 aromatic heterocycles. The molecule has 1 unspecified atom stereocenters. The van der Waals surface area contributed by atoms with Crippen LogP contribution in [0.25, 0.3) is 0 Å². The number of aliphatic hydroxyl groups is 1. The zero-order valence-electron chi connectivity index (χ0n) is 11.0. The van der Waals surface area contributed by atoms with Crippen LogP contribution >= 0.6 is 0 Å². The predicted molar refractivity (Wildman–Crippen MR) is 69.6 cm³/mol. The molecular weight excluding hydrogens is 232 g/mol. The Morgan fingerprint density at radius 1 is 1.33 bits per heavy atom. The van der Waals surface area contributed by atoms with Crippen molar-refractivity contribution in [2.75, 3.05) is 0 Å². The predicted octanol–water partition coefficient (Wildman–Crippen LogP) is 1.28. The molecule has 1 aliphatic heterocycles. The van der Waals surface area contributed by atoms with Crippen LogP contribution in [-0.2, 0) is 5.66 Å². The molecule has 0 saturated heterocycles. The summed E-state index contributed by atoms with van der Waals surface area (Å²) in [6, 6.07) is 0. The van der Waals surface area contributed by atoms with Gasteiger partial charge in [0, 0.05) is 17.3 Å². The Kier molecular flexibility index (Phi) is 2.61. The third kappa shape index (κ3) is 1.73. The van der Waals surface area contributed by atoms with Crippen molar-refractivity contribution in [1.82, 2.24) is 15.3 Å². The fraction of sp³-hybridized carbons (Fsp3) is 0.500. The molecule has 0 aromatic carbocycles. The Balaban J connectivity index is 2.62. The van der Waals surface area contributed by atoms with Gasteiger partial charge in [-0.1, -0.05) is 20.8 Å². The average molecular weight is 250 g/mol. The van der Waals surface area contributed by atoms with Gasteiger partial charge >= 0.3 is 5.69 Å². The topological polar surface area (TPSA) is 93.3 Å². The van der Waals surface area contributed by atoms with E-state index < -0.39 is 5.66 Å². The standard InChI is InChI=1S/C12H18N4O2/c1-7-9(16-10(18)15-7)12(11(2,3)4)13-5-8(17)6-14-12/h5-6,13,17H,1-4H3,(H2,15,16,18). The van der Waals surface area contributed by atoms with Crippen LogP contribution in [0, 0.1) is 12.3 Å². The molecule has 0 spiro atoms. The number of hydrogen-bond donors (Lipinski definition) is 4. The maximum atomic E-state index is 11.4. The summed E-state index contributed by atoms with van der Waals surface area (Å²) in [6.07, 6.45) is 2.88. The van der Waals surface area contributed by atoms with Gasteiger partial charge in [0.25, 0.3) is 0 Å². The van der Waals surface area contributed by atoms with Crippen LogP contribution in [0.5, 0.6) is 0 Å². The van der Waals surface area contributed by atoms with E-state index in [0.29, 0.717) is 5.69 Å². The SMILES string of the molecule is Cc1[nH]c(=O)[nH]c1C1(C(C)(C)C)N=CC(O)=CN1. The molecule has 2 rings (SSSR count). The molecule has 2 heterocycles. The van der Waals surface area contributed by atoms with Crippen molar-refractivity contribution in [3.63, 3.8) is 0 Å². The highest BCUT2D eigenvalue weighted by molar-refractivity contribution is 5.76. The first-order valence-electron chi connectivity index (χ1n) is 5.78. The Morgan fingerprint density at radius 3 is 2.39 bits per heavy atom. The highest BCUT2D eigenvalue weighted by Gasteiger charge is 2.46. The summed E-state index contributed by atoms with van der Waals surface area (Å²) in [5, 5.41) is 12.5. The number of nitrogens with one attached hydrogen (secondary N) is 3. The smallest absolute Gasteiger partial charge is 0.323 e. The van der Waals surface area contributed by atoms with Crippen LogP contribution in [0.15, 0.2) is 21.7 Å². The molecule has 1 aromatic rings. The monoisotopic (exact) mass is 250 g/mol. The van der Waals surface area contributed by atoms with E-state index in [9.17, 15) is 9.90 Å². The van der Waals surface area contributed by atoms with Crippen LogP contribution in [0.2, 0.25) is 0 Å².